The molecule has 1 atom stereocenters. The van der Waals surface area contributed by atoms with E-state index >= 15 is 0 Å². The second-order valence-electron chi connectivity index (χ2n) is 6.57. The maximum Gasteiger partial charge on any atom is 0.239 e. The van der Waals surface area contributed by atoms with Gasteiger partial charge in [0.15, 0.2) is 0 Å². The maximum absolute atomic E-state index is 12.5. The molecule has 19 heavy (non-hydrogen) atoms. The number of nitrogens with two attached hydrogens (primary N) is 1. The minimum absolute atomic E-state index is 0.208. The lowest BCUT2D eigenvalue weighted by Crippen LogP contribution is -2.46. The van der Waals surface area contributed by atoms with E-state index in [0.717, 1.165) is 31.8 Å². The van der Waals surface area contributed by atoms with Crippen molar-refractivity contribution in [3.8, 4) is 0 Å². The lowest BCUT2D eigenvalue weighted by molar-refractivity contribution is -0.133. The minimum Gasteiger partial charge on any atom is -0.341 e. The standard InChI is InChI=1S/C16H30N2O/c1-2-10-18(12-14-8-9-14)16(19)15(17)11-13-6-4-3-5-7-13/h13-15H,2-12,17H2,1H3. The van der Waals surface area contributed by atoms with Crippen molar-refractivity contribution < 1.29 is 4.79 Å². The Hall–Kier alpha value is -0.570. The van der Waals surface area contributed by atoms with Gasteiger partial charge in [0.2, 0.25) is 5.91 Å². The first-order valence-electron chi connectivity index (χ1n) is 8.25. The Kier molecular flexibility index (Phi) is 5.68. The van der Waals surface area contributed by atoms with Gasteiger partial charge in [-0.2, -0.15) is 0 Å². The van der Waals surface area contributed by atoms with Gasteiger partial charge in [0.05, 0.1) is 6.04 Å². The third-order valence-electron chi connectivity index (χ3n) is 4.61. The minimum atomic E-state index is -0.256. The first-order chi connectivity index (χ1) is 9.20. The smallest absolute Gasteiger partial charge is 0.239 e. The molecule has 0 aromatic carbocycles. The van der Waals surface area contributed by atoms with Crippen molar-refractivity contribution in [2.75, 3.05) is 13.1 Å². The van der Waals surface area contributed by atoms with Crippen LogP contribution in [0.4, 0.5) is 0 Å². The summed E-state index contributed by atoms with van der Waals surface area (Å²) >= 11 is 0. The van der Waals surface area contributed by atoms with Crippen LogP contribution in [-0.2, 0) is 4.79 Å². The Labute approximate surface area is 117 Å². The molecule has 2 rings (SSSR count). The second-order valence-corrected chi connectivity index (χ2v) is 6.57. The van der Waals surface area contributed by atoms with Gasteiger partial charge in [-0.25, -0.2) is 0 Å². The number of hydrogen-bond donors (Lipinski definition) is 1. The molecular weight excluding hydrogens is 236 g/mol. The molecule has 0 saturated heterocycles. The molecule has 0 aromatic heterocycles. The molecule has 2 N–H and O–H groups in total. The summed E-state index contributed by atoms with van der Waals surface area (Å²) in [6.45, 7) is 3.97. The molecule has 3 heteroatoms. The predicted molar refractivity (Wildman–Crippen MR) is 78.8 cm³/mol. The van der Waals surface area contributed by atoms with E-state index < -0.39 is 0 Å². The van der Waals surface area contributed by atoms with E-state index in [4.69, 9.17) is 5.73 Å². The monoisotopic (exact) mass is 266 g/mol. The van der Waals surface area contributed by atoms with Crippen LogP contribution < -0.4 is 5.73 Å². The number of amides is 1. The molecule has 2 fully saturated rings. The SMILES string of the molecule is CCCN(CC1CC1)C(=O)C(N)CC1CCCCC1. The summed E-state index contributed by atoms with van der Waals surface area (Å²) < 4.78 is 0. The second kappa shape index (κ2) is 7.28. The molecule has 0 radical (unpaired) electrons. The third kappa shape index (κ3) is 4.79. The molecule has 0 heterocycles. The van der Waals surface area contributed by atoms with E-state index in [-0.39, 0.29) is 11.9 Å². The molecule has 0 bridgehead atoms. The summed E-state index contributed by atoms with van der Waals surface area (Å²) in [5.41, 5.74) is 6.18. The Balaban J connectivity index is 1.80. The molecule has 3 nitrogen and oxygen atoms in total. The summed E-state index contributed by atoms with van der Waals surface area (Å²) in [5.74, 6) is 1.66. The van der Waals surface area contributed by atoms with Crippen molar-refractivity contribution in [3.63, 3.8) is 0 Å². The molecule has 1 unspecified atom stereocenters. The van der Waals surface area contributed by atoms with Crippen LogP contribution in [0.15, 0.2) is 0 Å². The number of nitrogens with zero attached hydrogens (tertiary/aromatic N) is 1. The molecular formula is C16H30N2O. The topological polar surface area (TPSA) is 46.3 Å². The number of carbonyl (C=O) groups excluding carboxylic acids is 1. The zero-order valence-electron chi connectivity index (χ0n) is 12.4. The fourth-order valence-corrected chi connectivity index (χ4v) is 3.29. The summed E-state index contributed by atoms with van der Waals surface area (Å²) in [6.07, 6.45) is 11.1. The predicted octanol–water partition coefficient (Wildman–Crippen LogP) is 2.93. The first-order valence-corrected chi connectivity index (χ1v) is 8.25. The number of hydrogen-bond acceptors (Lipinski definition) is 2. The zero-order valence-corrected chi connectivity index (χ0v) is 12.4. The highest BCUT2D eigenvalue weighted by atomic mass is 16.2. The van der Waals surface area contributed by atoms with E-state index in [9.17, 15) is 4.79 Å². The number of carbonyl (C=O) groups is 1. The van der Waals surface area contributed by atoms with Crippen molar-refractivity contribution in [2.24, 2.45) is 17.6 Å². The molecule has 110 valence electrons. The molecule has 2 aliphatic rings. The van der Waals surface area contributed by atoms with Gasteiger partial charge in [-0.1, -0.05) is 39.0 Å². The van der Waals surface area contributed by atoms with Crippen LogP contribution in [0.2, 0.25) is 0 Å². The van der Waals surface area contributed by atoms with E-state index in [1.54, 1.807) is 0 Å². The van der Waals surface area contributed by atoms with Gasteiger partial charge >= 0.3 is 0 Å². The summed E-state index contributed by atoms with van der Waals surface area (Å²) in [7, 11) is 0. The zero-order chi connectivity index (χ0) is 13.7. The van der Waals surface area contributed by atoms with Crippen molar-refractivity contribution >= 4 is 5.91 Å². The van der Waals surface area contributed by atoms with E-state index in [1.165, 1.54) is 44.9 Å². The highest BCUT2D eigenvalue weighted by molar-refractivity contribution is 5.81. The fourth-order valence-electron chi connectivity index (χ4n) is 3.29. The van der Waals surface area contributed by atoms with E-state index in [1.807, 2.05) is 4.90 Å². The molecule has 0 spiro atoms. The quantitative estimate of drug-likeness (QED) is 0.770. The highest BCUT2D eigenvalue weighted by Crippen LogP contribution is 2.31. The lowest BCUT2D eigenvalue weighted by Gasteiger charge is -2.28. The van der Waals surface area contributed by atoms with Crippen LogP contribution in [0.1, 0.15) is 64.7 Å². The van der Waals surface area contributed by atoms with Gasteiger partial charge in [-0.15, -0.1) is 0 Å². The van der Waals surface area contributed by atoms with Gasteiger partial charge in [-0.3, -0.25) is 4.79 Å². The molecule has 2 saturated carbocycles. The van der Waals surface area contributed by atoms with Crippen molar-refractivity contribution in [3.05, 3.63) is 0 Å². The molecule has 1 amide bonds. The summed E-state index contributed by atoms with van der Waals surface area (Å²) in [4.78, 5) is 14.5. The lowest BCUT2D eigenvalue weighted by atomic mass is 9.84. The fraction of sp³-hybridized carbons (Fsp3) is 0.938. The Morgan fingerprint density at radius 3 is 2.42 bits per heavy atom. The van der Waals surface area contributed by atoms with Gasteiger partial charge < -0.3 is 10.6 Å². The van der Waals surface area contributed by atoms with Crippen LogP contribution in [0.3, 0.4) is 0 Å². The Morgan fingerprint density at radius 2 is 1.84 bits per heavy atom. The average Bonchev–Trinajstić information content (AvgIpc) is 3.22. The molecule has 0 aliphatic heterocycles. The van der Waals surface area contributed by atoms with Gasteiger partial charge in [0.25, 0.3) is 0 Å². The summed E-state index contributed by atoms with van der Waals surface area (Å²) in [5, 5.41) is 0. The van der Waals surface area contributed by atoms with Crippen molar-refractivity contribution in [1.29, 1.82) is 0 Å². The van der Waals surface area contributed by atoms with Crippen LogP contribution in [0.25, 0.3) is 0 Å². The van der Waals surface area contributed by atoms with E-state index in [2.05, 4.69) is 6.92 Å². The normalized spacial score (nSPS) is 22.2. The number of rotatable bonds is 7. The van der Waals surface area contributed by atoms with Crippen LogP contribution in [0.5, 0.6) is 0 Å². The van der Waals surface area contributed by atoms with Crippen molar-refractivity contribution in [2.45, 2.75) is 70.8 Å². The Morgan fingerprint density at radius 1 is 1.16 bits per heavy atom. The van der Waals surface area contributed by atoms with Gasteiger partial charge in [0.1, 0.15) is 0 Å². The van der Waals surface area contributed by atoms with Gasteiger partial charge in [-0.05, 0) is 37.5 Å². The van der Waals surface area contributed by atoms with Crippen LogP contribution >= 0.6 is 0 Å². The average molecular weight is 266 g/mol. The van der Waals surface area contributed by atoms with E-state index in [0.29, 0.717) is 5.92 Å². The molecule has 0 aromatic rings. The van der Waals surface area contributed by atoms with Crippen molar-refractivity contribution in [1.82, 2.24) is 4.90 Å². The third-order valence-corrected chi connectivity index (χ3v) is 4.61. The summed E-state index contributed by atoms with van der Waals surface area (Å²) in [6, 6.07) is -0.256. The van der Waals surface area contributed by atoms with Crippen LogP contribution in [-0.4, -0.2) is 29.9 Å². The van der Waals surface area contributed by atoms with Gasteiger partial charge in [0, 0.05) is 13.1 Å². The molecule has 2 aliphatic carbocycles. The largest absolute Gasteiger partial charge is 0.341 e. The Bertz CT molecular complexity index is 282. The maximum atomic E-state index is 12.5. The first kappa shape index (κ1) is 14.8. The van der Waals surface area contributed by atoms with Crippen LogP contribution in [0, 0.1) is 11.8 Å². The highest BCUT2D eigenvalue weighted by Gasteiger charge is 2.29.